The number of benzene rings is 10. The maximum absolute atomic E-state index is 8.89. The highest BCUT2D eigenvalue weighted by Gasteiger charge is 2.20. The van der Waals surface area contributed by atoms with Crippen LogP contribution in [0.15, 0.2) is 218 Å². The Bertz CT molecular complexity index is 3820. The van der Waals surface area contributed by atoms with Gasteiger partial charge in [0.15, 0.2) is 0 Å². The molecule has 0 radical (unpaired) electrons. The monoisotopic (exact) mass is 734 g/mol. The molecule has 0 bridgehead atoms. The number of para-hydroxylation sites is 2. The van der Waals surface area contributed by atoms with Crippen LogP contribution in [0.5, 0.6) is 0 Å². The van der Waals surface area contributed by atoms with Crippen LogP contribution in [0.3, 0.4) is 0 Å². The van der Waals surface area contributed by atoms with Crippen LogP contribution < -0.4 is 0 Å². The molecule has 2 nitrogen and oxygen atoms in total. The summed E-state index contributed by atoms with van der Waals surface area (Å²) in [6, 6.07) is 48.0. The van der Waals surface area contributed by atoms with Crippen molar-refractivity contribution in [2.45, 2.75) is 0 Å². The van der Waals surface area contributed by atoms with Gasteiger partial charge in [0.1, 0.15) is 5.82 Å². The fourth-order valence-corrected chi connectivity index (χ4v) is 8.16. The predicted molar refractivity (Wildman–Crippen MR) is 241 cm³/mol. The Labute approximate surface area is 345 Å². The predicted octanol–water partition coefficient (Wildman–Crippen LogP) is 14.8. The maximum atomic E-state index is 8.89. The molecule has 1 aromatic heterocycles. The van der Waals surface area contributed by atoms with Gasteiger partial charge < -0.3 is 0 Å². The van der Waals surface area contributed by atoms with Gasteiger partial charge in [-0.25, -0.2) is 4.98 Å². The van der Waals surface area contributed by atoms with Crippen LogP contribution in [0.2, 0.25) is 0 Å². The van der Waals surface area contributed by atoms with Crippen LogP contribution in [0.25, 0.3) is 105 Å². The van der Waals surface area contributed by atoms with Crippen molar-refractivity contribution in [1.82, 2.24) is 9.55 Å². The van der Waals surface area contributed by atoms with Crippen molar-refractivity contribution in [3.05, 3.63) is 218 Å². The first-order chi connectivity index (χ1) is 32.4. The van der Waals surface area contributed by atoms with Gasteiger partial charge in [-0.2, -0.15) is 0 Å². The number of aromatic nitrogens is 2. The summed E-state index contributed by atoms with van der Waals surface area (Å²) in [5.74, 6) is 0.787. The van der Waals surface area contributed by atoms with Crippen molar-refractivity contribution in [1.29, 1.82) is 0 Å². The zero-order valence-electron chi connectivity index (χ0n) is 40.4. The molecule has 0 amide bonds. The van der Waals surface area contributed by atoms with Crippen molar-refractivity contribution in [2.24, 2.45) is 0 Å². The van der Waals surface area contributed by atoms with Gasteiger partial charge in [-0.3, -0.25) is 4.57 Å². The van der Waals surface area contributed by atoms with E-state index in [4.69, 9.17) is 18.7 Å². The van der Waals surface area contributed by atoms with E-state index < -0.39 is 36.3 Å². The molecule has 0 unspecified atom stereocenters. The number of fused-ring (bicyclic) bond motifs is 4. The van der Waals surface area contributed by atoms with E-state index in [9.17, 15) is 0 Å². The van der Waals surface area contributed by atoms with E-state index in [0.717, 1.165) is 77.1 Å². The van der Waals surface area contributed by atoms with Gasteiger partial charge in [-0.15, -0.1) is 0 Å². The van der Waals surface area contributed by atoms with E-state index in [1.165, 1.54) is 0 Å². The third-order valence-corrected chi connectivity index (χ3v) is 10.7. The van der Waals surface area contributed by atoms with Crippen molar-refractivity contribution in [2.75, 3.05) is 0 Å². The van der Waals surface area contributed by atoms with E-state index in [0.29, 0.717) is 16.7 Å². The molecule has 0 saturated carbocycles. The van der Waals surface area contributed by atoms with E-state index in [1.54, 1.807) is 18.2 Å². The topological polar surface area (TPSA) is 17.8 Å². The smallest absolute Gasteiger partial charge is 0.145 e. The quantitative estimate of drug-likeness (QED) is 0.156. The van der Waals surface area contributed by atoms with E-state index >= 15 is 0 Å². The molecule has 11 aromatic rings. The van der Waals surface area contributed by atoms with Gasteiger partial charge in [0.2, 0.25) is 0 Å². The zero-order valence-corrected chi connectivity index (χ0v) is 30.4. The van der Waals surface area contributed by atoms with Crippen LogP contribution >= 0.6 is 0 Å². The fourth-order valence-electron chi connectivity index (χ4n) is 8.16. The van der Waals surface area contributed by atoms with Crippen LogP contribution in [-0.2, 0) is 0 Å². The Balaban J connectivity index is 1.15. The molecule has 0 saturated heterocycles. The first kappa shape index (κ1) is 24.1. The van der Waals surface area contributed by atoms with Crippen LogP contribution in [0.4, 0.5) is 0 Å². The summed E-state index contributed by atoms with van der Waals surface area (Å²) in [7, 11) is 0. The highest BCUT2D eigenvalue weighted by Crippen LogP contribution is 2.46. The molecule has 57 heavy (non-hydrogen) atoms. The van der Waals surface area contributed by atoms with E-state index in [2.05, 4.69) is 71.3 Å². The zero-order chi connectivity index (χ0) is 46.4. The first-order valence-electron chi connectivity index (χ1n) is 23.7. The molecule has 0 aliphatic rings. The minimum Gasteiger partial charge on any atom is -0.292 e. The van der Waals surface area contributed by atoms with Crippen molar-refractivity contribution >= 4 is 43.4 Å². The lowest BCUT2D eigenvalue weighted by atomic mass is 9.84. The summed E-state index contributed by atoms with van der Waals surface area (Å²) in [5, 5.41) is 5.59. The molecule has 1 heterocycles. The Hall–Kier alpha value is -7.55. The average Bonchev–Trinajstić information content (AvgIpc) is 3.75. The lowest BCUT2D eigenvalue weighted by Gasteiger charge is -2.19. The molecule has 0 aliphatic heterocycles. The van der Waals surface area contributed by atoms with E-state index in [1.807, 2.05) is 72.8 Å². The summed E-state index contributed by atoms with van der Waals surface area (Å²) in [6.07, 6.45) is 0. The maximum Gasteiger partial charge on any atom is 0.145 e. The highest BCUT2D eigenvalue weighted by atomic mass is 15.1. The molecule has 0 atom stereocenters. The third-order valence-electron chi connectivity index (χ3n) is 10.7. The van der Waals surface area contributed by atoms with Gasteiger partial charge in [0.05, 0.1) is 24.7 Å². The molecule has 266 valence electrons. The second-order valence-corrected chi connectivity index (χ2v) is 14.0. The van der Waals surface area contributed by atoms with Crippen molar-refractivity contribution < 1.29 is 13.7 Å². The molecular weight excluding hydrogens is 689 g/mol. The molecule has 0 N–H and O–H groups in total. The SMILES string of the molecule is [2H]c1c([2H])c([2H])c(-c2cccc(-c3c4ccccc4c(-c4ccc(-c5nc6ccccc6n5-c5ccc6ccccc6c5)cc4)c4ccc(-c5c([2H])c([2H])c([2H])c([2H])c5[2H])cc34)c2)c([2H])c1[2H]. The molecular formula is C55H36N2. The average molecular weight is 735 g/mol. The van der Waals surface area contributed by atoms with Crippen LogP contribution in [0, 0.1) is 0 Å². The summed E-state index contributed by atoms with van der Waals surface area (Å²) in [4.78, 5) is 5.15. The minimum atomic E-state index is -0.478. The second kappa shape index (κ2) is 13.6. The normalized spacial score (nSPS) is 14.0. The standard InChI is InChI=1S/C55H36N2/c1-3-14-37(15-4-1)42-20-13-21-45(34-42)54-48-23-10-9-22-47(48)53(49-33-31-44(36-50(49)54)38-16-5-2-6-17-38)40-26-28-41(29-27-40)55-56-51-24-11-12-25-52(51)57(55)46-32-30-39-18-7-8-19-43(39)35-46/h1-36H/i1D,2D,3D,4D,5D,6D,14D,15D,16D,17D. The Morgan fingerprint density at radius 1 is 0.368 bits per heavy atom. The molecule has 0 aliphatic carbocycles. The van der Waals surface area contributed by atoms with Crippen molar-refractivity contribution in [3.8, 4) is 61.6 Å². The van der Waals surface area contributed by atoms with Crippen LogP contribution in [0.1, 0.15) is 13.7 Å². The lowest BCUT2D eigenvalue weighted by Crippen LogP contribution is -1.98. The molecule has 0 fully saturated rings. The molecule has 10 aromatic carbocycles. The number of nitrogens with zero attached hydrogens (tertiary/aromatic N) is 2. The Kier molecular flexibility index (Phi) is 5.76. The summed E-state index contributed by atoms with van der Waals surface area (Å²) < 4.78 is 87.7. The number of hydrogen-bond donors (Lipinski definition) is 0. The fraction of sp³-hybridized carbons (Fsp3) is 0. The Morgan fingerprint density at radius 3 is 1.70 bits per heavy atom. The van der Waals surface area contributed by atoms with Gasteiger partial charge in [0, 0.05) is 11.3 Å². The number of hydrogen-bond acceptors (Lipinski definition) is 1. The largest absolute Gasteiger partial charge is 0.292 e. The van der Waals surface area contributed by atoms with Gasteiger partial charge >= 0.3 is 0 Å². The number of rotatable bonds is 6. The van der Waals surface area contributed by atoms with Gasteiger partial charge in [-0.1, -0.05) is 182 Å². The summed E-state index contributed by atoms with van der Waals surface area (Å²) in [5.41, 5.74) is 8.04. The molecule has 11 rings (SSSR count). The molecule has 0 spiro atoms. The highest BCUT2D eigenvalue weighted by molar-refractivity contribution is 6.22. The Morgan fingerprint density at radius 2 is 0.947 bits per heavy atom. The van der Waals surface area contributed by atoms with E-state index in [-0.39, 0.29) is 35.3 Å². The van der Waals surface area contributed by atoms with Gasteiger partial charge in [0.25, 0.3) is 0 Å². The number of imidazole rings is 1. The summed E-state index contributed by atoms with van der Waals surface area (Å²) >= 11 is 0. The summed E-state index contributed by atoms with van der Waals surface area (Å²) in [6.45, 7) is 0. The van der Waals surface area contributed by atoms with Crippen molar-refractivity contribution in [3.63, 3.8) is 0 Å². The van der Waals surface area contributed by atoms with Gasteiger partial charge in [-0.05, 0) is 113 Å². The lowest BCUT2D eigenvalue weighted by molar-refractivity contribution is 1.11. The third kappa shape index (κ3) is 5.70. The minimum absolute atomic E-state index is 0.0695. The van der Waals surface area contributed by atoms with Crippen LogP contribution in [-0.4, -0.2) is 9.55 Å². The molecule has 2 heteroatoms. The second-order valence-electron chi connectivity index (χ2n) is 14.0. The first-order valence-corrected chi connectivity index (χ1v) is 18.7.